The van der Waals surface area contributed by atoms with Crippen molar-refractivity contribution in [3.8, 4) is 0 Å². The fourth-order valence-corrected chi connectivity index (χ4v) is 5.53. The van der Waals surface area contributed by atoms with Crippen LogP contribution < -0.4 is 9.62 Å². The zero-order valence-corrected chi connectivity index (χ0v) is 23.5. The second-order valence-corrected chi connectivity index (χ2v) is 11.5. The number of anilines is 1. The molecule has 0 aliphatic carbocycles. The van der Waals surface area contributed by atoms with Crippen LogP contribution in [-0.4, -0.2) is 51.0 Å². The van der Waals surface area contributed by atoms with Crippen LogP contribution in [0.25, 0.3) is 0 Å². The van der Waals surface area contributed by atoms with Gasteiger partial charge in [0.1, 0.15) is 6.04 Å². The SMILES string of the molecule is CNC(=O)[C@H](Cc1ccccc1)N(Cc1ccccc1)C(=O)CCCN(c1cccc(Cl)c1C)S(C)(=O)=O. The van der Waals surface area contributed by atoms with Gasteiger partial charge in [0.25, 0.3) is 0 Å². The van der Waals surface area contributed by atoms with Crippen molar-refractivity contribution in [2.24, 2.45) is 0 Å². The van der Waals surface area contributed by atoms with E-state index in [9.17, 15) is 18.0 Å². The second kappa shape index (κ2) is 13.4. The van der Waals surface area contributed by atoms with Gasteiger partial charge in [-0.2, -0.15) is 0 Å². The van der Waals surface area contributed by atoms with Crippen LogP contribution in [0, 0.1) is 6.92 Å². The number of rotatable bonds is 12. The lowest BCUT2D eigenvalue weighted by Crippen LogP contribution is -2.49. The molecule has 38 heavy (non-hydrogen) atoms. The van der Waals surface area contributed by atoms with E-state index in [4.69, 9.17) is 11.6 Å². The number of carbonyl (C=O) groups excluding carboxylic acids is 2. The zero-order chi connectivity index (χ0) is 27.7. The molecular formula is C29H34ClN3O4S. The third-order valence-corrected chi connectivity index (χ3v) is 7.96. The molecule has 0 unspecified atom stereocenters. The Hall–Kier alpha value is -3.36. The first-order valence-corrected chi connectivity index (χ1v) is 14.7. The number of carbonyl (C=O) groups is 2. The maximum atomic E-state index is 13.6. The molecular weight excluding hydrogens is 522 g/mol. The molecule has 0 aromatic heterocycles. The van der Waals surface area contributed by atoms with Crippen LogP contribution in [0.5, 0.6) is 0 Å². The van der Waals surface area contributed by atoms with Crippen molar-refractivity contribution in [2.45, 2.75) is 38.8 Å². The van der Waals surface area contributed by atoms with Crippen molar-refractivity contribution >= 4 is 39.1 Å². The first-order valence-electron chi connectivity index (χ1n) is 12.4. The molecule has 7 nitrogen and oxygen atoms in total. The van der Waals surface area contributed by atoms with Gasteiger partial charge in [0.15, 0.2) is 0 Å². The summed E-state index contributed by atoms with van der Waals surface area (Å²) < 4.78 is 26.5. The lowest BCUT2D eigenvalue weighted by atomic mass is 10.0. The summed E-state index contributed by atoms with van der Waals surface area (Å²) in [5.41, 5.74) is 2.97. The van der Waals surface area contributed by atoms with E-state index in [1.807, 2.05) is 60.7 Å². The Bertz CT molecular complexity index is 1330. The molecule has 0 bridgehead atoms. The molecule has 3 rings (SSSR count). The van der Waals surface area contributed by atoms with E-state index in [2.05, 4.69) is 5.32 Å². The summed E-state index contributed by atoms with van der Waals surface area (Å²) in [5, 5.41) is 3.17. The third-order valence-electron chi connectivity index (χ3n) is 6.37. The van der Waals surface area contributed by atoms with Crippen LogP contribution in [0.4, 0.5) is 5.69 Å². The van der Waals surface area contributed by atoms with Gasteiger partial charge in [-0.1, -0.05) is 78.3 Å². The number of amides is 2. The highest BCUT2D eigenvalue weighted by Gasteiger charge is 2.30. The van der Waals surface area contributed by atoms with E-state index >= 15 is 0 Å². The van der Waals surface area contributed by atoms with Gasteiger partial charge < -0.3 is 10.2 Å². The fraction of sp³-hybridized carbons (Fsp3) is 0.310. The lowest BCUT2D eigenvalue weighted by Gasteiger charge is -2.31. The van der Waals surface area contributed by atoms with E-state index < -0.39 is 16.1 Å². The Labute approximate surface area is 230 Å². The highest BCUT2D eigenvalue weighted by molar-refractivity contribution is 7.92. The van der Waals surface area contributed by atoms with E-state index in [1.165, 1.54) is 4.31 Å². The van der Waals surface area contributed by atoms with Gasteiger partial charge in [-0.05, 0) is 42.2 Å². The van der Waals surface area contributed by atoms with Gasteiger partial charge >= 0.3 is 0 Å². The highest BCUT2D eigenvalue weighted by atomic mass is 35.5. The molecule has 0 aliphatic heterocycles. The van der Waals surface area contributed by atoms with Crippen molar-refractivity contribution in [2.75, 3.05) is 24.2 Å². The zero-order valence-electron chi connectivity index (χ0n) is 21.9. The molecule has 0 spiro atoms. The number of benzene rings is 3. The quantitative estimate of drug-likeness (QED) is 0.354. The van der Waals surface area contributed by atoms with Gasteiger partial charge in [-0.15, -0.1) is 0 Å². The third kappa shape index (κ3) is 7.82. The average molecular weight is 556 g/mol. The molecule has 9 heteroatoms. The van der Waals surface area contributed by atoms with E-state index in [1.54, 1.807) is 37.1 Å². The van der Waals surface area contributed by atoms with E-state index in [0.29, 0.717) is 22.7 Å². The van der Waals surface area contributed by atoms with Crippen molar-refractivity contribution in [3.63, 3.8) is 0 Å². The Kier molecular flexibility index (Phi) is 10.3. The molecule has 3 aromatic rings. The van der Waals surface area contributed by atoms with Crippen LogP contribution in [0.1, 0.15) is 29.5 Å². The predicted octanol–water partition coefficient (Wildman–Crippen LogP) is 4.58. The van der Waals surface area contributed by atoms with Crippen LogP contribution in [-0.2, 0) is 32.6 Å². The number of hydrogen-bond acceptors (Lipinski definition) is 4. The first kappa shape index (κ1) is 29.2. The largest absolute Gasteiger partial charge is 0.357 e. The molecule has 0 radical (unpaired) electrons. The molecule has 1 atom stereocenters. The molecule has 0 heterocycles. The Balaban J connectivity index is 1.84. The number of nitrogens with one attached hydrogen (secondary N) is 1. The number of halogens is 1. The first-order chi connectivity index (χ1) is 18.1. The van der Waals surface area contributed by atoms with Gasteiger partial charge in [-0.3, -0.25) is 13.9 Å². The highest BCUT2D eigenvalue weighted by Crippen LogP contribution is 2.28. The summed E-state index contributed by atoms with van der Waals surface area (Å²) >= 11 is 6.24. The minimum Gasteiger partial charge on any atom is -0.357 e. The maximum Gasteiger partial charge on any atom is 0.242 e. The standard InChI is InChI=1S/C29H34ClN3O4S/c1-22-25(30)16-10-17-26(22)33(38(3,36)37)19-11-18-28(34)32(21-24-14-8-5-9-15-24)27(29(35)31-2)20-23-12-6-4-7-13-23/h4-10,12-17,27H,11,18-21H2,1-3H3,(H,31,35)/t27-/m0/s1. The monoisotopic (exact) mass is 555 g/mol. The van der Waals surface area contributed by atoms with Crippen molar-refractivity contribution < 1.29 is 18.0 Å². The van der Waals surface area contributed by atoms with Gasteiger partial charge in [0.2, 0.25) is 21.8 Å². The van der Waals surface area contributed by atoms with Crippen LogP contribution in [0.15, 0.2) is 78.9 Å². The molecule has 0 fully saturated rings. The van der Waals surface area contributed by atoms with Crippen molar-refractivity contribution in [1.82, 2.24) is 10.2 Å². The second-order valence-electron chi connectivity index (χ2n) is 9.15. The molecule has 0 saturated heterocycles. The fourth-order valence-electron chi connectivity index (χ4n) is 4.35. The molecule has 202 valence electrons. The number of nitrogens with zero attached hydrogens (tertiary/aromatic N) is 2. The summed E-state index contributed by atoms with van der Waals surface area (Å²) in [5.74, 6) is -0.486. The van der Waals surface area contributed by atoms with E-state index in [-0.39, 0.29) is 37.7 Å². The molecule has 3 aromatic carbocycles. The van der Waals surface area contributed by atoms with Crippen LogP contribution in [0.3, 0.4) is 0 Å². The topological polar surface area (TPSA) is 86.8 Å². The molecule has 1 N–H and O–H groups in total. The van der Waals surface area contributed by atoms with Gasteiger partial charge in [0.05, 0.1) is 11.9 Å². The van der Waals surface area contributed by atoms with Crippen molar-refractivity contribution in [1.29, 1.82) is 0 Å². The Morgan fingerprint density at radius 2 is 1.53 bits per heavy atom. The summed E-state index contributed by atoms with van der Waals surface area (Å²) in [7, 11) is -2.05. The number of likely N-dealkylation sites (N-methyl/N-ethyl adjacent to an activating group) is 1. The maximum absolute atomic E-state index is 13.6. The summed E-state index contributed by atoms with van der Waals surface area (Å²) in [6.45, 7) is 2.13. The minimum absolute atomic E-state index is 0.0702. The van der Waals surface area contributed by atoms with Gasteiger partial charge in [0, 0.05) is 38.0 Å². The van der Waals surface area contributed by atoms with Crippen LogP contribution in [0.2, 0.25) is 5.02 Å². The normalized spacial score (nSPS) is 12.0. The lowest BCUT2D eigenvalue weighted by molar-refractivity contribution is -0.141. The molecule has 0 saturated carbocycles. The Morgan fingerprint density at radius 1 is 0.921 bits per heavy atom. The molecule has 0 aliphatic rings. The summed E-state index contributed by atoms with van der Waals surface area (Å²) in [4.78, 5) is 28.3. The smallest absolute Gasteiger partial charge is 0.242 e. The molecule has 2 amide bonds. The summed E-state index contributed by atoms with van der Waals surface area (Å²) in [6, 6.07) is 23.4. The summed E-state index contributed by atoms with van der Waals surface area (Å²) in [6.07, 6.45) is 1.84. The van der Waals surface area contributed by atoms with E-state index in [0.717, 1.165) is 17.4 Å². The number of sulfonamides is 1. The number of hydrogen-bond donors (Lipinski definition) is 1. The average Bonchev–Trinajstić information content (AvgIpc) is 2.90. The minimum atomic E-state index is -3.61. The van der Waals surface area contributed by atoms with Crippen molar-refractivity contribution in [3.05, 3.63) is 101 Å². The van der Waals surface area contributed by atoms with Gasteiger partial charge in [-0.25, -0.2) is 8.42 Å². The van der Waals surface area contributed by atoms with Crippen LogP contribution >= 0.6 is 11.6 Å². The predicted molar refractivity (Wildman–Crippen MR) is 153 cm³/mol. The Morgan fingerprint density at radius 3 is 2.11 bits per heavy atom.